The largest absolute Gasteiger partial charge is 0.493 e. The third kappa shape index (κ3) is 2.48. The van der Waals surface area contributed by atoms with Gasteiger partial charge >= 0.3 is 0 Å². The number of fused-ring (bicyclic) bond motifs is 5. The van der Waals surface area contributed by atoms with E-state index in [1.165, 1.54) is 0 Å². The second kappa shape index (κ2) is 6.00. The molecule has 3 heterocycles. The number of aryl methyl sites for hydroxylation is 1. The molecular weight excluding hydrogens is 382 g/mol. The normalized spacial score (nSPS) is 16.2. The Hall–Kier alpha value is -3.00. The van der Waals surface area contributed by atoms with Gasteiger partial charge in [-0.1, -0.05) is 0 Å². The summed E-state index contributed by atoms with van der Waals surface area (Å²) in [5.74, 6) is 2.27. The van der Waals surface area contributed by atoms with Crippen LogP contribution in [0.15, 0.2) is 41.4 Å². The summed E-state index contributed by atoms with van der Waals surface area (Å²) in [4.78, 5) is 0.267. The van der Waals surface area contributed by atoms with Gasteiger partial charge < -0.3 is 18.9 Å². The van der Waals surface area contributed by atoms with Crippen molar-refractivity contribution in [1.29, 1.82) is 0 Å². The van der Waals surface area contributed by atoms with Crippen LogP contribution in [0, 0.1) is 0 Å². The fraction of sp³-hybridized carbons (Fsp3) is 0.250. The topological polar surface area (TPSA) is 74.9 Å². The second-order valence-electron chi connectivity index (χ2n) is 6.71. The molecule has 0 spiro atoms. The first kappa shape index (κ1) is 17.1. The molecule has 144 valence electrons. The summed E-state index contributed by atoms with van der Waals surface area (Å²) in [6.45, 7) is 0.440. The number of pyridine rings is 1. The fourth-order valence-corrected chi connectivity index (χ4v) is 5.18. The molecule has 8 heteroatoms. The van der Waals surface area contributed by atoms with Crippen molar-refractivity contribution in [2.45, 2.75) is 11.4 Å². The molecule has 5 rings (SSSR count). The third-order valence-electron chi connectivity index (χ3n) is 5.17. The minimum atomic E-state index is -3.46. The minimum absolute atomic E-state index is 0.0100. The molecule has 0 amide bonds. The van der Waals surface area contributed by atoms with E-state index >= 15 is 0 Å². The zero-order chi connectivity index (χ0) is 19.5. The highest BCUT2D eigenvalue weighted by Gasteiger charge is 2.33. The Balaban J connectivity index is 1.82. The number of hydrogen-bond donors (Lipinski definition) is 0. The van der Waals surface area contributed by atoms with Gasteiger partial charge in [0.25, 0.3) is 0 Å². The van der Waals surface area contributed by atoms with Crippen LogP contribution >= 0.6 is 0 Å². The lowest BCUT2D eigenvalue weighted by atomic mass is 10.1. The van der Waals surface area contributed by atoms with Crippen LogP contribution in [-0.2, 0) is 16.4 Å². The van der Waals surface area contributed by atoms with Crippen molar-refractivity contribution in [1.82, 2.24) is 0 Å². The minimum Gasteiger partial charge on any atom is -0.493 e. The molecule has 2 aliphatic rings. The molecule has 3 aromatic rings. The fourth-order valence-electron chi connectivity index (χ4n) is 3.74. The van der Waals surface area contributed by atoms with E-state index in [1.54, 1.807) is 26.4 Å². The SMILES string of the molecule is COc1cc2cc3[n+](cc2cc1OC)CCS(=O)(=O)c1cc2c(cc1-3)OCO2. The molecule has 28 heavy (non-hydrogen) atoms. The number of sulfone groups is 1. The van der Waals surface area contributed by atoms with Crippen LogP contribution < -0.4 is 23.5 Å². The Bertz CT molecular complexity index is 1240. The maximum absolute atomic E-state index is 12.9. The van der Waals surface area contributed by atoms with Gasteiger partial charge in [-0.05, 0) is 23.6 Å². The van der Waals surface area contributed by atoms with E-state index in [0.29, 0.717) is 35.1 Å². The van der Waals surface area contributed by atoms with Gasteiger partial charge in [0.15, 0.2) is 45.6 Å². The molecule has 1 aromatic heterocycles. The molecule has 0 unspecified atom stereocenters. The molecule has 0 atom stereocenters. The van der Waals surface area contributed by atoms with Gasteiger partial charge in [-0.2, -0.15) is 4.57 Å². The van der Waals surface area contributed by atoms with Crippen LogP contribution in [0.25, 0.3) is 22.0 Å². The summed E-state index contributed by atoms with van der Waals surface area (Å²) in [5, 5.41) is 1.86. The maximum atomic E-state index is 12.9. The summed E-state index contributed by atoms with van der Waals surface area (Å²) in [7, 11) is -0.282. The lowest BCUT2D eigenvalue weighted by molar-refractivity contribution is -0.680. The number of aromatic nitrogens is 1. The lowest BCUT2D eigenvalue weighted by Crippen LogP contribution is -2.37. The van der Waals surface area contributed by atoms with Crippen molar-refractivity contribution < 1.29 is 31.9 Å². The van der Waals surface area contributed by atoms with Gasteiger partial charge in [0.2, 0.25) is 12.5 Å². The Morgan fingerprint density at radius 1 is 0.929 bits per heavy atom. The van der Waals surface area contributed by atoms with Crippen molar-refractivity contribution >= 4 is 20.6 Å². The molecule has 0 saturated carbocycles. The lowest BCUT2D eigenvalue weighted by Gasteiger charge is -2.10. The van der Waals surface area contributed by atoms with Crippen LogP contribution in [0.2, 0.25) is 0 Å². The molecule has 0 aliphatic carbocycles. The molecular formula is C20H18NO6S+. The first-order valence-corrected chi connectivity index (χ1v) is 10.4. The third-order valence-corrected chi connectivity index (χ3v) is 6.90. The number of hydrogen-bond acceptors (Lipinski definition) is 6. The Morgan fingerprint density at radius 3 is 2.32 bits per heavy atom. The van der Waals surface area contributed by atoms with Gasteiger partial charge in [-0.25, -0.2) is 8.42 Å². The zero-order valence-corrected chi connectivity index (χ0v) is 16.2. The van der Waals surface area contributed by atoms with Crippen molar-refractivity contribution in [3.8, 4) is 34.3 Å². The van der Waals surface area contributed by atoms with E-state index < -0.39 is 9.84 Å². The number of nitrogens with zero attached hydrogens (tertiary/aromatic N) is 1. The summed E-state index contributed by atoms with van der Waals surface area (Å²) in [6, 6.07) is 9.07. The van der Waals surface area contributed by atoms with Crippen molar-refractivity contribution in [2.24, 2.45) is 0 Å². The molecule has 0 saturated heterocycles. The highest BCUT2D eigenvalue weighted by atomic mass is 32.2. The first-order chi connectivity index (χ1) is 13.5. The molecule has 0 radical (unpaired) electrons. The van der Waals surface area contributed by atoms with E-state index in [9.17, 15) is 8.42 Å². The van der Waals surface area contributed by atoms with E-state index in [1.807, 2.05) is 29.0 Å². The smallest absolute Gasteiger partial charge is 0.231 e. The summed E-state index contributed by atoms with van der Waals surface area (Å²) in [5.41, 5.74) is 1.41. The van der Waals surface area contributed by atoms with E-state index in [2.05, 4.69) is 0 Å². The van der Waals surface area contributed by atoms with E-state index in [0.717, 1.165) is 16.5 Å². The molecule has 0 bridgehead atoms. The quantitative estimate of drug-likeness (QED) is 0.615. The van der Waals surface area contributed by atoms with Gasteiger partial charge in [0, 0.05) is 17.5 Å². The summed E-state index contributed by atoms with van der Waals surface area (Å²) < 4.78 is 49.4. The van der Waals surface area contributed by atoms with E-state index in [4.69, 9.17) is 18.9 Å². The number of ether oxygens (including phenoxy) is 4. The standard InChI is InChI=1S/C20H18NO6S/c1-24-16-6-12-5-15-14-8-18-19(27-11-26-18)9-20(14)28(22,23)4-3-21(15)10-13(12)7-17(16)25-2/h5-10H,3-4,11H2,1-2H3/q+1. The Kier molecular flexibility index (Phi) is 3.67. The highest BCUT2D eigenvalue weighted by Crippen LogP contribution is 2.42. The molecule has 2 aromatic carbocycles. The van der Waals surface area contributed by atoms with Gasteiger partial charge in [0.1, 0.15) is 5.75 Å². The molecule has 0 fully saturated rings. The predicted octanol–water partition coefficient (Wildman–Crippen LogP) is 2.33. The van der Waals surface area contributed by atoms with Crippen LogP contribution in [0.1, 0.15) is 0 Å². The molecule has 2 aliphatic heterocycles. The van der Waals surface area contributed by atoms with Crippen molar-refractivity contribution in [3.63, 3.8) is 0 Å². The van der Waals surface area contributed by atoms with Crippen LogP contribution in [0.4, 0.5) is 0 Å². The predicted molar refractivity (Wildman–Crippen MR) is 101 cm³/mol. The number of methoxy groups -OCH3 is 2. The number of rotatable bonds is 2. The van der Waals surface area contributed by atoms with Crippen LogP contribution in [0.3, 0.4) is 0 Å². The second-order valence-corrected chi connectivity index (χ2v) is 8.79. The van der Waals surface area contributed by atoms with Gasteiger partial charge in [-0.3, -0.25) is 0 Å². The highest BCUT2D eigenvalue weighted by molar-refractivity contribution is 7.91. The molecule has 0 N–H and O–H groups in total. The van der Waals surface area contributed by atoms with Crippen molar-refractivity contribution in [3.05, 3.63) is 36.5 Å². The Morgan fingerprint density at radius 2 is 1.61 bits per heavy atom. The van der Waals surface area contributed by atoms with Gasteiger partial charge in [-0.15, -0.1) is 0 Å². The summed E-state index contributed by atoms with van der Waals surface area (Å²) >= 11 is 0. The number of benzene rings is 2. The van der Waals surface area contributed by atoms with Crippen molar-refractivity contribution in [2.75, 3.05) is 26.8 Å². The molecule has 7 nitrogen and oxygen atoms in total. The maximum Gasteiger partial charge on any atom is 0.231 e. The monoisotopic (exact) mass is 400 g/mol. The average Bonchev–Trinajstić information content (AvgIpc) is 3.13. The zero-order valence-electron chi connectivity index (χ0n) is 15.4. The summed E-state index contributed by atoms with van der Waals surface area (Å²) in [6.07, 6.45) is 1.95. The van der Waals surface area contributed by atoms with Gasteiger partial charge in [0.05, 0.1) is 24.7 Å². The first-order valence-electron chi connectivity index (χ1n) is 8.76. The van der Waals surface area contributed by atoms with Crippen LogP contribution in [0.5, 0.6) is 23.0 Å². The van der Waals surface area contributed by atoms with E-state index in [-0.39, 0.29) is 17.4 Å². The Labute approximate surface area is 161 Å². The average molecular weight is 400 g/mol. The van der Waals surface area contributed by atoms with Crippen LogP contribution in [-0.4, -0.2) is 35.2 Å².